The lowest BCUT2D eigenvalue weighted by Crippen LogP contribution is -2.30. The highest BCUT2D eigenvalue weighted by atomic mass is 16.5. The lowest BCUT2D eigenvalue weighted by Gasteiger charge is -2.15. The number of aryl methyl sites for hydroxylation is 3. The van der Waals surface area contributed by atoms with Crippen molar-refractivity contribution in [3.8, 4) is 95.0 Å². The summed E-state index contributed by atoms with van der Waals surface area (Å²) in [6.07, 6.45) is 4.44. The van der Waals surface area contributed by atoms with E-state index in [1.807, 2.05) is 0 Å². The molecule has 8 aromatic rings. The maximum atomic E-state index is 5.98. The Morgan fingerprint density at radius 1 is 0.340 bits per heavy atom. The third-order valence-electron chi connectivity index (χ3n) is 10.8. The van der Waals surface area contributed by atoms with Crippen LogP contribution in [0, 0.1) is 6.92 Å². The fraction of sp³-hybridized carbons (Fsp3) is 0.0800. The van der Waals surface area contributed by atoms with Crippen LogP contribution in [0.15, 0.2) is 170 Å². The van der Waals surface area contributed by atoms with Gasteiger partial charge in [0.05, 0.1) is 7.11 Å². The summed E-state index contributed by atoms with van der Waals surface area (Å²) in [5.74, 6) is 0.866. The Morgan fingerprint density at radius 3 is 1.00 bits per heavy atom. The van der Waals surface area contributed by atoms with Gasteiger partial charge in [-0.05, 0) is 111 Å². The number of benzene rings is 6. The molecule has 0 N–H and O–H groups in total. The summed E-state index contributed by atoms with van der Waals surface area (Å²) >= 11 is 0. The lowest BCUT2D eigenvalue weighted by atomic mass is 9.92. The molecule has 3 nitrogen and oxygen atoms in total. The molecule has 16 bridgehead atoms. The van der Waals surface area contributed by atoms with Crippen LogP contribution in [0.1, 0.15) is 5.56 Å². The Bertz CT molecular complexity index is 2620. The fourth-order valence-corrected chi connectivity index (χ4v) is 7.76. The molecule has 0 atom stereocenters. The molecule has 8 aliphatic heterocycles. The van der Waals surface area contributed by atoms with E-state index in [9.17, 15) is 0 Å². The Balaban J connectivity index is 1.13. The average molecular weight is 685 g/mol. The van der Waals surface area contributed by atoms with Crippen LogP contribution in [-0.2, 0) is 14.1 Å². The van der Waals surface area contributed by atoms with E-state index in [0.717, 1.165) is 16.9 Å². The van der Waals surface area contributed by atoms with Crippen molar-refractivity contribution in [2.45, 2.75) is 6.92 Å². The highest BCUT2D eigenvalue weighted by Crippen LogP contribution is 2.38. The summed E-state index contributed by atoms with van der Waals surface area (Å²) in [5, 5.41) is 0. The molecule has 0 fully saturated rings. The molecule has 0 radical (unpaired) electrons. The summed E-state index contributed by atoms with van der Waals surface area (Å²) in [7, 11) is 6.01. The molecule has 2 aromatic heterocycles. The molecule has 3 heteroatoms. The van der Waals surface area contributed by atoms with Gasteiger partial charge in [-0.1, -0.05) is 97.1 Å². The Labute approximate surface area is 311 Å². The summed E-state index contributed by atoms with van der Waals surface area (Å²) < 4.78 is 10.4. The predicted molar refractivity (Wildman–Crippen MR) is 217 cm³/mol. The van der Waals surface area contributed by atoms with Crippen LogP contribution < -0.4 is 13.9 Å². The summed E-state index contributed by atoms with van der Waals surface area (Å²) in [6.45, 7) is 2.18. The maximum Gasteiger partial charge on any atom is 0.212 e. The van der Waals surface area contributed by atoms with E-state index in [2.05, 4.69) is 200 Å². The Hall–Kier alpha value is -6.58. The molecular formula is C50H40N2O+2. The van der Waals surface area contributed by atoms with Crippen molar-refractivity contribution in [3.63, 3.8) is 0 Å². The maximum absolute atomic E-state index is 5.98. The van der Waals surface area contributed by atoms with Gasteiger partial charge in [-0.15, -0.1) is 0 Å². The molecule has 0 saturated carbocycles. The first kappa shape index (κ1) is 32.3. The zero-order valence-electron chi connectivity index (χ0n) is 30.5. The quantitative estimate of drug-likeness (QED) is 0.157. The zero-order valence-corrected chi connectivity index (χ0v) is 30.5. The van der Waals surface area contributed by atoms with E-state index in [-0.39, 0.29) is 0 Å². The standard InChI is InChI=1S/C50H40N2O/c1-33-29-47-41-19-11-35(12-20-41)37-15-23-43(24-16-37)49-28-26-45(32-52(49)3)39-7-5-38(6-8-39)44-25-27-48(51(2)31-44)42-21-13-36(14-22-42)34-9-17-40(18-10-34)46(33)30-50(47)53-4/h5-32H,1-4H3/q+2. The molecule has 0 saturated heterocycles. The number of pyridine rings is 2. The third kappa shape index (κ3) is 6.00. The third-order valence-corrected chi connectivity index (χ3v) is 10.8. The van der Waals surface area contributed by atoms with Crippen LogP contribution in [0.25, 0.3) is 89.3 Å². The van der Waals surface area contributed by atoms with Crippen molar-refractivity contribution in [2.24, 2.45) is 14.1 Å². The minimum Gasteiger partial charge on any atom is -0.496 e. The molecule has 0 amide bonds. The van der Waals surface area contributed by atoms with Gasteiger partial charge in [-0.25, -0.2) is 9.13 Å². The van der Waals surface area contributed by atoms with E-state index >= 15 is 0 Å². The van der Waals surface area contributed by atoms with E-state index in [1.54, 1.807) is 7.11 Å². The van der Waals surface area contributed by atoms with Crippen molar-refractivity contribution >= 4 is 0 Å². The number of hydrogen-bond acceptors (Lipinski definition) is 1. The molecule has 254 valence electrons. The number of ether oxygens (including phenoxy) is 1. The first-order chi connectivity index (χ1) is 25.9. The smallest absolute Gasteiger partial charge is 0.212 e. The molecule has 0 unspecified atom stereocenters. The van der Waals surface area contributed by atoms with Gasteiger partial charge in [0.1, 0.15) is 19.8 Å². The first-order valence-electron chi connectivity index (χ1n) is 18.1. The topological polar surface area (TPSA) is 17.0 Å². The van der Waals surface area contributed by atoms with Gasteiger partial charge < -0.3 is 4.74 Å². The second-order valence-electron chi connectivity index (χ2n) is 14.1. The Morgan fingerprint density at radius 2 is 0.642 bits per heavy atom. The van der Waals surface area contributed by atoms with Crippen LogP contribution in [-0.4, -0.2) is 7.11 Å². The van der Waals surface area contributed by atoms with Crippen molar-refractivity contribution < 1.29 is 13.9 Å². The van der Waals surface area contributed by atoms with E-state index in [1.165, 1.54) is 83.7 Å². The number of aromatic nitrogens is 2. The van der Waals surface area contributed by atoms with Crippen LogP contribution in [0.4, 0.5) is 0 Å². The van der Waals surface area contributed by atoms with Gasteiger partial charge in [-0.2, -0.15) is 0 Å². The highest BCUT2D eigenvalue weighted by molar-refractivity contribution is 5.82. The molecule has 14 aliphatic carbocycles. The molecule has 6 aromatic carbocycles. The number of hydrogen-bond donors (Lipinski definition) is 0. The van der Waals surface area contributed by atoms with Crippen LogP contribution in [0.5, 0.6) is 5.75 Å². The number of nitrogens with zero attached hydrogens (tertiary/aromatic N) is 2. The van der Waals surface area contributed by atoms with Crippen molar-refractivity contribution in [2.75, 3.05) is 7.11 Å². The second kappa shape index (κ2) is 13.2. The van der Waals surface area contributed by atoms with Gasteiger partial charge in [0.25, 0.3) is 0 Å². The average Bonchev–Trinajstić information content (AvgIpc) is 3.21. The number of methoxy groups -OCH3 is 1. The Kier molecular flexibility index (Phi) is 8.05. The van der Waals surface area contributed by atoms with Crippen LogP contribution in [0.3, 0.4) is 0 Å². The van der Waals surface area contributed by atoms with Gasteiger partial charge >= 0.3 is 0 Å². The molecule has 22 aliphatic rings. The van der Waals surface area contributed by atoms with Crippen LogP contribution >= 0.6 is 0 Å². The normalized spacial score (nSPS) is 11.4. The second-order valence-corrected chi connectivity index (χ2v) is 14.1. The molecular weight excluding hydrogens is 645 g/mol. The zero-order chi connectivity index (χ0) is 36.1. The summed E-state index contributed by atoms with van der Waals surface area (Å²) in [5.41, 5.74) is 20.0. The number of rotatable bonds is 1. The molecule has 53 heavy (non-hydrogen) atoms. The van der Waals surface area contributed by atoms with Crippen molar-refractivity contribution in [3.05, 3.63) is 176 Å². The van der Waals surface area contributed by atoms with Crippen LogP contribution in [0.2, 0.25) is 0 Å². The molecule has 10 heterocycles. The largest absolute Gasteiger partial charge is 0.496 e. The van der Waals surface area contributed by atoms with E-state index in [4.69, 9.17) is 4.74 Å². The summed E-state index contributed by atoms with van der Waals surface area (Å²) in [6, 6.07) is 57.6. The fourth-order valence-electron chi connectivity index (χ4n) is 7.76. The highest BCUT2D eigenvalue weighted by Gasteiger charge is 2.16. The van der Waals surface area contributed by atoms with Gasteiger partial charge in [0.15, 0.2) is 12.4 Å². The van der Waals surface area contributed by atoms with E-state index in [0.29, 0.717) is 0 Å². The lowest BCUT2D eigenvalue weighted by molar-refractivity contribution is -0.660. The SMILES string of the molecule is COc1cc2c(C)cc1-c1ccc(cc1)-c1ccc(cc1)-c1ccc(c[n+]1C)-c1ccc(cc1)-c1ccc([n+](C)c1)-c1ccc(cc1)-c1ccc-2cc1. The van der Waals surface area contributed by atoms with E-state index < -0.39 is 0 Å². The molecule has 30 rings (SSSR count). The first-order valence-corrected chi connectivity index (χ1v) is 18.1. The minimum atomic E-state index is 0.866. The minimum absolute atomic E-state index is 0.866. The summed E-state index contributed by atoms with van der Waals surface area (Å²) in [4.78, 5) is 0. The van der Waals surface area contributed by atoms with Crippen molar-refractivity contribution in [1.29, 1.82) is 0 Å². The monoisotopic (exact) mass is 684 g/mol. The van der Waals surface area contributed by atoms with Gasteiger partial charge in [0.2, 0.25) is 11.4 Å². The predicted octanol–water partition coefficient (Wildman–Crippen LogP) is 11.3. The van der Waals surface area contributed by atoms with Gasteiger partial charge in [0, 0.05) is 39.9 Å². The van der Waals surface area contributed by atoms with Gasteiger partial charge in [-0.3, -0.25) is 0 Å². The van der Waals surface area contributed by atoms with Crippen molar-refractivity contribution in [1.82, 2.24) is 0 Å². The molecule has 0 spiro atoms.